The molecule has 1 atom stereocenters. The third-order valence-electron chi connectivity index (χ3n) is 5.70. The molecule has 0 aliphatic carbocycles. The van der Waals surface area contributed by atoms with Gasteiger partial charge in [0.05, 0.1) is 0 Å². The number of hydrogen-bond acceptors (Lipinski definition) is 6. The predicted molar refractivity (Wildman–Crippen MR) is 141 cm³/mol. The Bertz CT molecular complexity index is 1170. The van der Waals surface area contributed by atoms with E-state index in [1.54, 1.807) is 6.92 Å². The van der Waals surface area contributed by atoms with Crippen LogP contribution in [0.3, 0.4) is 0 Å². The number of ether oxygens (including phenoxy) is 2. The van der Waals surface area contributed by atoms with Gasteiger partial charge in [0.15, 0.2) is 0 Å². The Morgan fingerprint density at radius 1 is 0.946 bits per heavy atom. The topological polar surface area (TPSA) is 108 Å². The minimum absolute atomic E-state index is 0.0344. The van der Waals surface area contributed by atoms with Crippen molar-refractivity contribution in [2.45, 2.75) is 45.8 Å². The molecule has 0 bridgehead atoms. The minimum Gasteiger partial charge on any atom is -0.459 e. The Hall–Kier alpha value is -3.46. The summed E-state index contributed by atoms with van der Waals surface area (Å²) in [5, 5.41) is 25.2. The highest BCUT2D eigenvalue weighted by Gasteiger charge is 2.32. The van der Waals surface area contributed by atoms with Crippen LogP contribution in [0.1, 0.15) is 31.9 Å². The van der Waals surface area contributed by atoms with E-state index in [0.29, 0.717) is 0 Å². The van der Waals surface area contributed by atoms with Crippen LogP contribution in [0.4, 0.5) is 4.79 Å². The number of urea groups is 1. The van der Waals surface area contributed by atoms with Crippen molar-refractivity contribution in [2.75, 3.05) is 19.7 Å². The van der Waals surface area contributed by atoms with Crippen molar-refractivity contribution in [3.05, 3.63) is 83.9 Å². The number of rotatable bonds is 12. The lowest BCUT2D eigenvalue weighted by atomic mass is 10.0. The van der Waals surface area contributed by atoms with Crippen molar-refractivity contribution in [1.82, 2.24) is 10.2 Å². The molecule has 0 aromatic heterocycles. The first-order valence-electron chi connectivity index (χ1n) is 12.5. The fourth-order valence-corrected chi connectivity index (χ4v) is 4.05. The summed E-state index contributed by atoms with van der Waals surface area (Å²) in [5.41, 5.74) is 1.68. The average molecular weight is 509 g/mol. The maximum Gasteiger partial charge on any atom is 0.329 e. The summed E-state index contributed by atoms with van der Waals surface area (Å²) in [5.74, 6) is -3.06. The summed E-state index contributed by atoms with van der Waals surface area (Å²) in [6.45, 7) is 5.30. The van der Waals surface area contributed by atoms with Crippen LogP contribution in [0.5, 0.6) is 0 Å². The number of amides is 2. The van der Waals surface area contributed by atoms with E-state index < -0.39 is 30.6 Å². The highest BCUT2D eigenvalue weighted by Crippen LogP contribution is 2.18. The van der Waals surface area contributed by atoms with Crippen molar-refractivity contribution >= 4 is 22.8 Å². The van der Waals surface area contributed by atoms with E-state index in [2.05, 4.69) is 5.32 Å². The van der Waals surface area contributed by atoms with Crippen LogP contribution in [0, 0.1) is 5.92 Å². The lowest BCUT2D eigenvalue weighted by molar-refractivity contribution is -0.338. The van der Waals surface area contributed by atoms with E-state index in [1.165, 1.54) is 4.90 Å². The zero-order valence-corrected chi connectivity index (χ0v) is 21.6. The van der Waals surface area contributed by atoms with Gasteiger partial charge < -0.3 is 29.9 Å². The maximum absolute atomic E-state index is 13.3. The highest BCUT2D eigenvalue weighted by molar-refractivity contribution is 5.85. The maximum atomic E-state index is 13.3. The summed E-state index contributed by atoms with van der Waals surface area (Å²) >= 11 is 0. The largest absolute Gasteiger partial charge is 0.459 e. The molecule has 0 aliphatic rings. The predicted octanol–water partition coefficient (Wildman–Crippen LogP) is 3.84. The lowest BCUT2D eigenvalue weighted by Crippen LogP contribution is -2.55. The third kappa shape index (κ3) is 8.86. The van der Waals surface area contributed by atoms with Crippen LogP contribution in [0.2, 0.25) is 0 Å². The first-order valence-corrected chi connectivity index (χ1v) is 12.5. The average Bonchev–Trinajstić information content (AvgIpc) is 2.86. The number of fused-ring (bicyclic) bond motifs is 1. The molecule has 8 heteroatoms. The van der Waals surface area contributed by atoms with Crippen molar-refractivity contribution in [1.29, 1.82) is 0 Å². The Kier molecular flexibility index (Phi) is 10.0. The van der Waals surface area contributed by atoms with Gasteiger partial charge in [-0.1, -0.05) is 86.6 Å². The van der Waals surface area contributed by atoms with Gasteiger partial charge in [-0.3, -0.25) is 0 Å². The molecule has 0 spiro atoms. The second-order valence-electron chi connectivity index (χ2n) is 9.43. The van der Waals surface area contributed by atoms with Crippen LogP contribution in [0.15, 0.2) is 72.8 Å². The van der Waals surface area contributed by atoms with Gasteiger partial charge in [-0.05, 0) is 34.7 Å². The molecule has 3 aromatic rings. The van der Waals surface area contributed by atoms with Gasteiger partial charge in [0.1, 0.15) is 19.2 Å². The number of carbonyl (C=O) groups is 2. The molecule has 3 aromatic carbocycles. The van der Waals surface area contributed by atoms with Gasteiger partial charge in [0, 0.05) is 19.6 Å². The number of hydrogen-bond donors (Lipinski definition) is 3. The molecular formula is C29H36N2O6. The number of aliphatic hydroxyl groups is 2. The summed E-state index contributed by atoms with van der Waals surface area (Å²) < 4.78 is 10.5. The van der Waals surface area contributed by atoms with E-state index in [0.717, 1.165) is 21.9 Å². The number of nitrogens with one attached hydrogen (secondary N) is 1. The molecule has 198 valence electrons. The van der Waals surface area contributed by atoms with Gasteiger partial charge >= 0.3 is 12.0 Å². The Balaban J connectivity index is 1.81. The van der Waals surface area contributed by atoms with E-state index in [1.807, 2.05) is 86.6 Å². The zero-order chi connectivity index (χ0) is 26.8. The molecule has 0 saturated heterocycles. The van der Waals surface area contributed by atoms with Gasteiger partial charge in [-0.2, -0.15) is 0 Å². The number of benzene rings is 3. The van der Waals surface area contributed by atoms with E-state index in [-0.39, 0.29) is 32.1 Å². The molecule has 1 unspecified atom stereocenters. The number of nitrogens with zero attached hydrogens (tertiary/aromatic N) is 1. The Morgan fingerprint density at radius 2 is 1.62 bits per heavy atom. The van der Waals surface area contributed by atoms with Crippen LogP contribution in [-0.4, -0.2) is 58.8 Å². The van der Waals surface area contributed by atoms with Crippen LogP contribution >= 0.6 is 0 Å². The van der Waals surface area contributed by atoms with Gasteiger partial charge in [0.25, 0.3) is 5.97 Å². The smallest absolute Gasteiger partial charge is 0.329 e. The van der Waals surface area contributed by atoms with Gasteiger partial charge in [0.2, 0.25) is 0 Å². The molecule has 3 N–H and O–H groups in total. The van der Waals surface area contributed by atoms with Crippen molar-refractivity contribution in [3.63, 3.8) is 0 Å². The summed E-state index contributed by atoms with van der Waals surface area (Å²) in [4.78, 5) is 27.7. The number of carbonyl (C=O) groups excluding carboxylic acids is 2. The SMILES string of the molecule is CCOC(O)(O)CN(CC(C)C)C(=O)NC(Cc1ccc2ccccc2c1)C(=O)OCc1ccccc1. The molecule has 0 saturated carbocycles. The Labute approximate surface area is 217 Å². The first kappa shape index (κ1) is 28.1. The normalized spacial score (nSPS) is 12.4. The quantitative estimate of drug-likeness (QED) is 0.253. The Morgan fingerprint density at radius 3 is 2.30 bits per heavy atom. The standard InChI is InChI=1S/C29H36N2O6/c1-4-37-29(34,35)20-31(18-21(2)3)28(33)30-26(27(32)36-19-22-10-6-5-7-11-22)17-23-14-15-24-12-8-9-13-25(24)16-23/h5-16,21,26,34-35H,4,17-20H2,1-3H3,(H,30,33). The monoisotopic (exact) mass is 508 g/mol. The van der Waals surface area contributed by atoms with Crippen LogP contribution < -0.4 is 5.32 Å². The fraction of sp³-hybridized carbons (Fsp3) is 0.379. The molecule has 37 heavy (non-hydrogen) atoms. The molecule has 0 heterocycles. The number of esters is 1. The summed E-state index contributed by atoms with van der Waals surface area (Å²) in [7, 11) is 0. The summed E-state index contributed by atoms with van der Waals surface area (Å²) in [6, 6.07) is 21.4. The third-order valence-corrected chi connectivity index (χ3v) is 5.70. The first-order chi connectivity index (χ1) is 17.7. The second-order valence-corrected chi connectivity index (χ2v) is 9.43. The van der Waals surface area contributed by atoms with Crippen molar-refractivity contribution < 1.29 is 29.3 Å². The second kappa shape index (κ2) is 13.2. The molecule has 3 rings (SSSR count). The molecule has 0 aliphatic heterocycles. The van der Waals surface area contributed by atoms with Crippen molar-refractivity contribution in [3.8, 4) is 0 Å². The van der Waals surface area contributed by atoms with Crippen LogP contribution in [0.25, 0.3) is 10.8 Å². The zero-order valence-electron chi connectivity index (χ0n) is 21.6. The molecule has 8 nitrogen and oxygen atoms in total. The van der Waals surface area contributed by atoms with E-state index in [4.69, 9.17) is 9.47 Å². The van der Waals surface area contributed by atoms with Crippen molar-refractivity contribution in [2.24, 2.45) is 5.92 Å². The van der Waals surface area contributed by atoms with Crippen LogP contribution in [-0.2, 0) is 27.3 Å². The lowest BCUT2D eigenvalue weighted by Gasteiger charge is -2.32. The molecule has 0 fully saturated rings. The van der Waals surface area contributed by atoms with Gasteiger partial charge in [-0.15, -0.1) is 0 Å². The molecule has 0 radical (unpaired) electrons. The highest BCUT2D eigenvalue weighted by atomic mass is 16.8. The minimum atomic E-state index is -2.51. The van der Waals surface area contributed by atoms with Gasteiger partial charge in [-0.25, -0.2) is 9.59 Å². The van der Waals surface area contributed by atoms with E-state index in [9.17, 15) is 19.8 Å². The molecule has 2 amide bonds. The van der Waals surface area contributed by atoms with E-state index >= 15 is 0 Å². The molecular weight excluding hydrogens is 472 g/mol. The summed E-state index contributed by atoms with van der Waals surface area (Å²) in [6.07, 6.45) is 0.203. The fourth-order valence-electron chi connectivity index (χ4n) is 4.05.